The Morgan fingerprint density at radius 2 is 1.83 bits per heavy atom. The van der Waals surface area contributed by atoms with Crippen LogP contribution in [0.15, 0.2) is 59.8 Å². The van der Waals surface area contributed by atoms with Crippen molar-refractivity contribution in [2.75, 3.05) is 12.3 Å². The van der Waals surface area contributed by atoms with Crippen molar-refractivity contribution in [3.05, 3.63) is 65.7 Å². The van der Waals surface area contributed by atoms with Crippen LogP contribution in [0.1, 0.15) is 37.3 Å². The quantitative estimate of drug-likeness (QED) is 0.541. The van der Waals surface area contributed by atoms with Gasteiger partial charge in [0, 0.05) is 24.1 Å². The van der Waals surface area contributed by atoms with Crippen LogP contribution in [0.5, 0.6) is 0 Å². The van der Waals surface area contributed by atoms with Gasteiger partial charge in [-0.05, 0) is 37.8 Å². The van der Waals surface area contributed by atoms with Gasteiger partial charge in [-0.3, -0.25) is 4.79 Å². The normalized spacial score (nSPS) is 14.9. The van der Waals surface area contributed by atoms with Crippen LogP contribution in [0.4, 0.5) is 0 Å². The number of hydrogen-bond acceptors (Lipinski definition) is 4. The summed E-state index contributed by atoms with van der Waals surface area (Å²) in [6.45, 7) is 5.62. The third-order valence-corrected chi connectivity index (χ3v) is 7.04. The van der Waals surface area contributed by atoms with Crippen LogP contribution < -0.4 is 5.32 Å². The molecule has 0 atom stereocenters. The van der Waals surface area contributed by atoms with Gasteiger partial charge in [-0.2, -0.15) is 0 Å². The molecule has 0 spiro atoms. The second kappa shape index (κ2) is 9.04. The Morgan fingerprint density at radius 1 is 1.10 bits per heavy atom. The van der Waals surface area contributed by atoms with Gasteiger partial charge in [-0.1, -0.05) is 72.8 Å². The number of aryl methyl sites for hydroxylation is 1. The highest BCUT2D eigenvalue weighted by Crippen LogP contribution is 2.43. The first-order valence-electron chi connectivity index (χ1n) is 10.6. The van der Waals surface area contributed by atoms with E-state index in [-0.39, 0.29) is 11.3 Å². The Balaban J connectivity index is 1.38. The van der Waals surface area contributed by atoms with Gasteiger partial charge in [0.15, 0.2) is 11.0 Å². The molecule has 1 N–H and O–H groups in total. The average Bonchev–Trinajstić information content (AvgIpc) is 3.15. The van der Waals surface area contributed by atoms with Crippen molar-refractivity contribution in [2.24, 2.45) is 0 Å². The van der Waals surface area contributed by atoms with E-state index in [1.807, 2.05) is 18.2 Å². The molecule has 1 amide bonds. The standard InChI is InChI=1S/C24H28N4OS/c1-3-28-22(20-13-8-7-10-18(20)2)26-27-23(28)30-16-21(29)25-17-24(14-9-15-24)19-11-5-4-6-12-19/h4-8,10-13H,3,9,14-17H2,1-2H3,(H,25,29). The highest BCUT2D eigenvalue weighted by molar-refractivity contribution is 7.99. The molecule has 1 fully saturated rings. The number of hydrogen-bond donors (Lipinski definition) is 1. The molecular formula is C24H28N4OS. The van der Waals surface area contributed by atoms with Gasteiger partial charge in [-0.15, -0.1) is 10.2 Å². The first-order chi connectivity index (χ1) is 14.6. The molecule has 2 aromatic carbocycles. The number of carbonyl (C=O) groups excluding carboxylic acids is 1. The van der Waals surface area contributed by atoms with E-state index in [1.54, 1.807) is 0 Å². The molecule has 0 bridgehead atoms. The SMILES string of the molecule is CCn1c(SCC(=O)NCC2(c3ccccc3)CCC2)nnc1-c1ccccc1C. The molecule has 4 rings (SSSR count). The molecule has 1 aliphatic rings. The van der Waals surface area contributed by atoms with Gasteiger partial charge in [0.2, 0.25) is 5.91 Å². The minimum Gasteiger partial charge on any atom is -0.354 e. The number of nitrogens with zero attached hydrogens (tertiary/aromatic N) is 3. The van der Waals surface area contributed by atoms with E-state index in [4.69, 9.17) is 0 Å². The van der Waals surface area contributed by atoms with Crippen LogP contribution in [0.2, 0.25) is 0 Å². The van der Waals surface area contributed by atoms with Gasteiger partial charge in [0.25, 0.3) is 0 Å². The number of benzene rings is 2. The molecule has 0 saturated heterocycles. The molecule has 156 valence electrons. The zero-order valence-corrected chi connectivity index (χ0v) is 18.4. The maximum absolute atomic E-state index is 12.6. The first-order valence-corrected chi connectivity index (χ1v) is 11.6. The van der Waals surface area contributed by atoms with E-state index in [2.05, 4.69) is 70.3 Å². The molecule has 1 saturated carbocycles. The molecule has 1 aromatic heterocycles. The van der Waals surface area contributed by atoms with E-state index in [9.17, 15) is 4.79 Å². The molecule has 0 radical (unpaired) electrons. The van der Waals surface area contributed by atoms with Crippen LogP contribution in [0, 0.1) is 6.92 Å². The van der Waals surface area contributed by atoms with Crippen molar-refractivity contribution in [2.45, 2.75) is 50.2 Å². The van der Waals surface area contributed by atoms with Crippen molar-refractivity contribution in [3.63, 3.8) is 0 Å². The van der Waals surface area contributed by atoms with E-state index < -0.39 is 0 Å². The van der Waals surface area contributed by atoms with Gasteiger partial charge in [0.1, 0.15) is 0 Å². The topological polar surface area (TPSA) is 59.8 Å². The molecule has 5 nitrogen and oxygen atoms in total. The maximum Gasteiger partial charge on any atom is 0.230 e. The van der Waals surface area contributed by atoms with Crippen molar-refractivity contribution in [1.29, 1.82) is 0 Å². The lowest BCUT2D eigenvalue weighted by Gasteiger charge is -2.42. The number of carbonyl (C=O) groups is 1. The van der Waals surface area contributed by atoms with Crippen LogP contribution in [0.25, 0.3) is 11.4 Å². The van der Waals surface area contributed by atoms with Crippen molar-refractivity contribution < 1.29 is 4.79 Å². The van der Waals surface area contributed by atoms with Gasteiger partial charge in [-0.25, -0.2) is 0 Å². The predicted octanol–water partition coefficient (Wildman–Crippen LogP) is 4.60. The van der Waals surface area contributed by atoms with Gasteiger partial charge in [0.05, 0.1) is 5.75 Å². The summed E-state index contributed by atoms with van der Waals surface area (Å²) >= 11 is 1.45. The highest BCUT2D eigenvalue weighted by atomic mass is 32.2. The molecule has 3 aromatic rings. The van der Waals surface area contributed by atoms with Crippen LogP contribution in [0.3, 0.4) is 0 Å². The monoisotopic (exact) mass is 420 g/mol. The van der Waals surface area contributed by atoms with E-state index >= 15 is 0 Å². The van der Waals surface area contributed by atoms with E-state index in [0.29, 0.717) is 12.3 Å². The number of rotatable bonds is 8. The molecule has 0 unspecified atom stereocenters. The summed E-state index contributed by atoms with van der Waals surface area (Å²) in [5.74, 6) is 1.25. The minimum atomic E-state index is 0.0466. The average molecular weight is 421 g/mol. The van der Waals surface area contributed by atoms with Crippen LogP contribution in [-0.4, -0.2) is 33.0 Å². The molecular weight excluding hydrogens is 392 g/mol. The largest absolute Gasteiger partial charge is 0.354 e. The number of nitrogens with one attached hydrogen (secondary N) is 1. The Morgan fingerprint density at radius 3 is 2.50 bits per heavy atom. The van der Waals surface area contributed by atoms with Crippen molar-refractivity contribution in [1.82, 2.24) is 20.1 Å². The zero-order chi connectivity index (χ0) is 21.0. The highest BCUT2D eigenvalue weighted by Gasteiger charge is 2.38. The summed E-state index contributed by atoms with van der Waals surface area (Å²) < 4.78 is 2.08. The fourth-order valence-electron chi connectivity index (χ4n) is 4.12. The zero-order valence-electron chi connectivity index (χ0n) is 17.6. The maximum atomic E-state index is 12.6. The summed E-state index contributed by atoms with van der Waals surface area (Å²) in [6.07, 6.45) is 3.49. The number of aromatic nitrogens is 3. The third-order valence-electron chi connectivity index (χ3n) is 6.07. The summed E-state index contributed by atoms with van der Waals surface area (Å²) in [5, 5.41) is 12.7. The molecule has 0 aliphatic heterocycles. The molecule has 6 heteroatoms. The smallest absolute Gasteiger partial charge is 0.230 e. The second-order valence-electron chi connectivity index (χ2n) is 7.93. The van der Waals surface area contributed by atoms with E-state index in [1.165, 1.54) is 29.3 Å². The van der Waals surface area contributed by atoms with Crippen molar-refractivity contribution >= 4 is 17.7 Å². The Kier molecular flexibility index (Phi) is 6.23. The molecule has 1 aliphatic carbocycles. The van der Waals surface area contributed by atoms with Gasteiger partial charge >= 0.3 is 0 Å². The summed E-state index contributed by atoms with van der Waals surface area (Å²) in [4.78, 5) is 12.6. The Labute approximate surface area is 182 Å². The Bertz CT molecular complexity index is 1010. The first kappa shape index (κ1) is 20.7. The number of amides is 1. The number of thioether (sulfide) groups is 1. The molecule has 30 heavy (non-hydrogen) atoms. The fourth-order valence-corrected chi connectivity index (χ4v) is 4.95. The van der Waals surface area contributed by atoms with Gasteiger partial charge < -0.3 is 9.88 Å². The van der Waals surface area contributed by atoms with Crippen LogP contribution in [-0.2, 0) is 16.8 Å². The van der Waals surface area contributed by atoms with E-state index in [0.717, 1.165) is 35.9 Å². The van der Waals surface area contributed by atoms with Crippen LogP contribution >= 0.6 is 11.8 Å². The predicted molar refractivity (Wildman–Crippen MR) is 122 cm³/mol. The third kappa shape index (κ3) is 4.15. The lowest BCUT2D eigenvalue weighted by molar-refractivity contribution is -0.119. The summed E-state index contributed by atoms with van der Waals surface area (Å²) in [6, 6.07) is 18.7. The lowest BCUT2D eigenvalue weighted by atomic mass is 9.64. The lowest BCUT2D eigenvalue weighted by Crippen LogP contribution is -2.46. The molecule has 1 heterocycles. The summed E-state index contributed by atoms with van der Waals surface area (Å²) in [7, 11) is 0. The Hall–Kier alpha value is -2.60. The minimum absolute atomic E-state index is 0.0466. The van der Waals surface area contributed by atoms with Crippen molar-refractivity contribution in [3.8, 4) is 11.4 Å². The second-order valence-corrected chi connectivity index (χ2v) is 8.87. The fraction of sp³-hybridized carbons (Fsp3) is 0.375. The summed E-state index contributed by atoms with van der Waals surface area (Å²) in [5.41, 5.74) is 3.68.